The van der Waals surface area contributed by atoms with Crippen molar-refractivity contribution in [2.45, 2.75) is 31.1 Å². The fraction of sp³-hybridized carbons (Fsp3) is 0.250. The van der Waals surface area contributed by atoms with Crippen LogP contribution in [-0.2, 0) is 10.2 Å². The van der Waals surface area contributed by atoms with Crippen LogP contribution >= 0.6 is 11.3 Å². The van der Waals surface area contributed by atoms with E-state index in [1.807, 2.05) is 58.8 Å². The number of benzene rings is 2. The van der Waals surface area contributed by atoms with Crippen LogP contribution in [0.25, 0.3) is 0 Å². The molecule has 3 aromatic rings. The van der Waals surface area contributed by atoms with Gasteiger partial charge < -0.3 is 15.5 Å². The first kappa shape index (κ1) is 18.9. The fourth-order valence-corrected chi connectivity index (χ4v) is 5.37. The molecule has 0 spiro atoms. The Labute approximate surface area is 180 Å². The van der Waals surface area contributed by atoms with Gasteiger partial charge in [0.05, 0.1) is 17.6 Å². The first-order valence-corrected chi connectivity index (χ1v) is 11.2. The number of amidine groups is 1. The molecule has 1 aromatic heterocycles. The number of amides is 1. The van der Waals surface area contributed by atoms with E-state index in [4.69, 9.17) is 5.41 Å². The summed E-state index contributed by atoms with van der Waals surface area (Å²) in [5, 5.41) is 18.1. The Hall–Kier alpha value is -3.12. The lowest BCUT2D eigenvalue weighted by Gasteiger charge is -2.31. The van der Waals surface area contributed by atoms with Crippen LogP contribution in [0, 0.1) is 5.41 Å². The number of carbonyl (C=O) groups is 1. The van der Waals surface area contributed by atoms with Gasteiger partial charge in [0, 0.05) is 11.4 Å². The molecule has 1 fully saturated rings. The van der Waals surface area contributed by atoms with E-state index in [0.717, 1.165) is 53.2 Å². The summed E-state index contributed by atoms with van der Waals surface area (Å²) in [5.41, 5.74) is 3.32. The maximum atomic E-state index is 13.3. The van der Waals surface area contributed by atoms with Crippen LogP contribution in [0.4, 0.5) is 16.4 Å². The quantitative estimate of drug-likeness (QED) is 0.532. The first-order valence-electron chi connectivity index (χ1n) is 10.3. The lowest BCUT2D eigenvalue weighted by molar-refractivity contribution is -0.121. The summed E-state index contributed by atoms with van der Waals surface area (Å²) in [7, 11) is 0. The molecule has 2 aliphatic rings. The molecule has 1 amide bonds. The van der Waals surface area contributed by atoms with E-state index in [1.54, 1.807) is 11.3 Å². The summed E-state index contributed by atoms with van der Waals surface area (Å²) in [6.45, 7) is 0.565. The van der Waals surface area contributed by atoms with Crippen molar-refractivity contribution in [3.05, 3.63) is 77.2 Å². The summed E-state index contributed by atoms with van der Waals surface area (Å²) in [6.07, 6.45) is 3.94. The molecule has 0 atom stereocenters. The van der Waals surface area contributed by atoms with E-state index in [-0.39, 0.29) is 5.91 Å². The minimum atomic E-state index is -0.436. The van der Waals surface area contributed by atoms with E-state index < -0.39 is 5.41 Å². The van der Waals surface area contributed by atoms with Crippen molar-refractivity contribution in [2.75, 3.05) is 22.2 Å². The van der Waals surface area contributed by atoms with Gasteiger partial charge in [-0.25, -0.2) is 0 Å². The molecular formula is C24H24N4OS. The molecular weight excluding hydrogens is 392 g/mol. The highest BCUT2D eigenvalue weighted by Gasteiger charge is 2.42. The first-order chi connectivity index (χ1) is 14.7. The van der Waals surface area contributed by atoms with Gasteiger partial charge in [-0.1, -0.05) is 43.2 Å². The van der Waals surface area contributed by atoms with Gasteiger partial charge in [-0.15, -0.1) is 11.3 Å². The summed E-state index contributed by atoms with van der Waals surface area (Å²) >= 11 is 1.62. The molecule has 0 radical (unpaired) electrons. The smallest absolute Gasteiger partial charge is 0.235 e. The van der Waals surface area contributed by atoms with Crippen molar-refractivity contribution in [1.29, 1.82) is 5.41 Å². The number of thiophene rings is 1. The predicted molar refractivity (Wildman–Crippen MR) is 124 cm³/mol. The zero-order valence-electron chi connectivity index (χ0n) is 16.7. The number of hydrogen-bond donors (Lipinski definition) is 3. The van der Waals surface area contributed by atoms with E-state index in [2.05, 4.69) is 22.8 Å². The van der Waals surface area contributed by atoms with Crippen LogP contribution in [0.1, 0.15) is 36.8 Å². The zero-order chi connectivity index (χ0) is 20.6. The minimum absolute atomic E-state index is 0.0780. The van der Waals surface area contributed by atoms with Crippen LogP contribution in [0.15, 0.2) is 66.0 Å². The Morgan fingerprint density at radius 3 is 2.50 bits per heavy atom. The largest absolute Gasteiger partial charge is 0.359 e. The number of anilines is 3. The maximum Gasteiger partial charge on any atom is 0.235 e. The van der Waals surface area contributed by atoms with Gasteiger partial charge in [0.15, 0.2) is 0 Å². The molecule has 0 saturated heterocycles. The number of carbonyl (C=O) groups excluding carboxylic acids is 1. The molecule has 0 bridgehead atoms. The van der Waals surface area contributed by atoms with Crippen LogP contribution in [-0.4, -0.2) is 18.4 Å². The van der Waals surface area contributed by atoms with E-state index in [1.165, 1.54) is 0 Å². The monoisotopic (exact) mass is 416 g/mol. The van der Waals surface area contributed by atoms with Gasteiger partial charge in [0.2, 0.25) is 5.91 Å². The topological polar surface area (TPSA) is 68.2 Å². The average Bonchev–Trinajstić information content (AvgIpc) is 3.46. The highest BCUT2D eigenvalue weighted by atomic mass is 32.1. The molecule has 0 unspecified atom stereocenters. The lowest BCUT2D eigenvalue weighted by atomic mass is 9.78. The summed E-state index contributed by atoms with van der Waals surface area (Å²) < 4.78 is 0. The van der Waals surface area contributed by atoms with Crippen LogP contribution in [0.2, 0.25) is 0 Å². The van der Waals surface area contributed by atoms with Crippen LogP contribution in [0.5, 0.6) is 0 Å². The molecule has 2 heterocycles. The molecule has 30 heavy (non-hydrogen) atoms. The Kier molecular flexibility index (Phi) is 4.79. The average molecular weight is 417 g/mol. The Morgan fingerprint density at radius 2 is 1.77 bits per heavy atom. The second-order valence-electron chi connectivity index (χ2n) is 7.93. The fourth-order valence-electron chi connectivity index (χ4n) is 4.59. The van der Waals surface area contributed by atoms with Crippen LogP contribution in [0.3, 0.4) is 0 Å². The van der Waals surface area contributed by atoms with Gasteiger partial charge in [-0.2, -0.15) is 0 Å². The van der Waals surface area contributed by atoms with Crippen molar-refractivity contribution >= 4 is 39.5 Å². The highest BCUT2D eigenvalue weighted by molar-refractivity contribution is 7.14. The molecule has 1 saturated carbocycles. The molecule has 1 aliphatic carbocycles. The number of nitrogens with one attached hydrogen (secondary N) is 3. The predicted octanol–water partition coefficient (Wildman–Crippen LogP) is 5.41. The second-order valence-corrected chi connectivity index (χ2v) is 8.85. The van der Waals surface area contributed by atoms with E-state index >= 15 is 0 Å². The highest BCUT2D eigenvalue weighted by Crippen LogP contribution is 2.42. The molecule has 1 aliphatic heterocycles. The SMILES string of the molecule is N=C1c2ccsc2NCN1c1ccc(NC(=O)C2(c3ccccc3)CCCC2)cc1. The van der Waals surface area contributed by atoms with Crippen LogP contribution < -0.4 is 15.5 Å². The zero-order valence-corrected chi connectivity index (χ0v) is 17.5. The lowest BCUT2D eigenvalue weighted by Crippen LogP contribution is -2.39. The van der Waals surface area contributed by atoms with Gasteiger partial charge in [0.1, 0.15) is 10.8 Å². The number of rotatable bonds is 4. The third-order valence-corrected chi connectivity index (χ3v) is 7.12. The summed E-state index contributed by atoms with van der Waals surface area (Å²) in [4.78, 5) is 15.3. The van der Waals surface area contributed by atoms with Crippen molar-refractivity contribution in [1.82, 2.24) is 0 Å². The molecule has 5 rings (SSSR count). The number of nitrogens with zero attached hydrogens (tertiary/aromatic N) is 1. The molecule has 5 nitrogen and oxygen atoms in total. The minimum Gasteiger partial charge on any atom is -0.359 e. The molecule has 6 heteroatoms. The Bertz CT molecular complexity index is 1070. The standard InChI is InChI=1S/C24H24N4OS/c25-21-20-12-15-30-22(20)26-16-28(21)19-10-8-18(9-11-19)27-23(29)24(13-4-5-14-24)17-6-2-1-3-7-17/h1-3,6-12,15,25-26H,4-5,13-14,16H2,(H,27,29). The second kappa shape index (κ2) is 7.61. The van der Waals surface area contributed by atoms with Crippen molar-refractivity contribution in [3.8, 4) is 0 Å². The summed E-state index contributed by atoms with van der Waals surface area (Å²) in [6, 6.07) is 19.9. The normalized spacial score (nSPS) is 17.3. The maximum absolute atomic E-state index is 13.3. The summed E-state index contributed by atoms with van der Waals surface area (Å²) in [5.74, 6) is 0.574. The van der Waals surface area contributed by atoms with Gasteiger partial charge in [0.25, 0.3) is 0 Å². The van der Waals surface area contributed by atoms with Crippen molar-refractivity contribution in [3.63, 3.8) is 0 Å². The Balaban J connectivity index is 1.34. The van der Waals surface area contributed by atoms with Crippen molar-refractivity contribution < 1.29 is 4.79 Å². The van der Waals surface area contributed by atoms with Gasteiger partial charge in [-0.05, 0) is 54.1 Å². The van der Waals surface area contributed by atoms with Crippen molar-refractivity contribution in [2.24, 2.45) is 0 Å². The molecule has 2 aromatic carbocycles. The number of fused-ring (bicyclic) bond motifs is 1. The van der Waals surface area contributed by atoms with Gasteiger partial charge in [-0.3, -0.25) is 10.2 Å². The Morgan fingerprint density at radius 1 is 1.03 bits per heavy atom. The molecule has 152 valence electrons. The number of hydrogen-bond acceptors (Lipinski definition) is 4. The molecule has 3 N–H and O–H groups in total. The van der Waals surface area contributed by atoms with Gasteiger partial charge >= 0.3 is 0 Å². The van der Waals surface area contributed by atoms with E-state index in [0.29, 0.717) is 12.5 Å². The third-order valence-electron chi connectivity index (χ3n) is 6.24. The third kappa shape index (κ3) is 3.17. The van der Waals surface area contributed by atoms with E-state index in [9.17, 15) is 4.79 Å².